The number of benzene rings is 4. The van der Waals surface area contributed by atoms with Gasteiger partial charge in [-0.1, -0.05) is 37.6 Å². The molecule has 1 saturated heterocycles. The van der Waals surface area contributed by atoms with Crippen molar-refractivity contribution in [3.63, 3.8) is 0 Å². The predicted octanol–water partition coefficient (Wildman–Crippen LogP) is 8.94. The fraction of sp³-hybridized carbons (Fsp3) is 0.286. The zero-order valence-electron chi connectivity index (χ0n) is 24.8. The average Bonchev–Trinajstić information content (AvgIpc) is 3.03. The van der Waals surface area contributed by atoms with E-state index in [1.807, 2.05) is 0 Å². The fourth-order valence-corrected chi connectivity index (χ4v) is 4.93. The first-order chi connectivity index (χ1) is 22.1. The third-order valence-electron chi connectivity index (χ3n) is 7.48. The van der Waals surface area contributed by atoms with E-state index in [9.17, 15) is 18.0 Å². The molecule has 0 aromatic heterocycles. The summed E-state index contributed by atoms with van der Waals surface area (Å²) in [6.45, 7) is 4.24. The minimum Gasteiger partial charge on any atom is -0.423 e. The van der Waals surface area contributed by atoms with Crippen LogP contribution >= 0.6 is 0 Å². The summed E-state index contributed by atoms with van der Waals surface area (Å²) in [6, 6.07) is 12.4. The molecule has 0 amide bonds. The largest absolute Gasteiger partial charge is 0.423 e. The molecule has 5 rings (SSSR count). The van der Waals surface area contributed by atoms with Crippen molar-refractivity contribution in [2.24, 2.45) is 5.92 Å². The van der Waals surface area contributed by atoms with Gasteiger partial charge in [0.2, 0.25) is 0 Å². The normalized spacial score (nSPS) is 16.4. The number of carbonyl (C=O) groups excluding carboxylic acids is 1. The van der Waals surface area contributed by atoms with Crippen molar-refractivity contribution < 1.29 is 50.1 Å². The summed E-state index contributed by atoms with van der Waals surface area (Å²) in [7, 11) is 0. The van der Waals surface area contributed by atoms with Crippen LogP contribution in [0, 0.1) is 40.8 Å². The van der Waals surface area contributed by atoms with E-state index in [-0.39, 0.29) is 33.9 Å². The Morgan fingerprint density at radius 3 is 1.98 bits per heavy atom. The Morgan fingerprint density at radius 1 is 0.739 bits per heavy atom. The summed E-state index contributed by atoms with van der Waals surface area (Å²) in [5.74, 6) is -9.03. The van der Waals surface area contributed by atoms with Crippen molar-refractivity contribution in [1.82, 2.24) is 0 Å². The molecule has 11 heteroatoms. The number of unbranched alkanes of at least 4 members (excludes halogenated alkanes) is 1. The van der Waals surface area contributed by atoms with Crippen LogP contribution in [0.4, 0.5) is 26.3 Å². The highest BCUT2D eigenvalue weighted by Gasteiger charge is 2.26. The van der Waals surface area contributed by atoms with Crippen LogP contribution in [-0.4, -0.2) is 32.4 Å². The third kappa shape index (κ3) is 7.78. The molecular formula is C35H30F6O5. The van der Waals surface area contributed by atoms with Gasteiger partial charge < -0.3 is 18.9 Å². The molecule has 0 saturated carbocycles. The number of hydrogen-bond acceptors (Lipinski definition) is 5. The van der Waals surface area contributed by atoms with Gasteiger partial charge in [-0.2, -0.15) is 0 Å². The number of carbonyl (C=O) groups is 1. The maximum atomic E-state index is 15.1. The quantitative estimate of drug-likeness (QED) is 0.0537. The van der Waals surface area contributed by atoms with Crippen molar-refractivity contribution in [2.75, 3.05) is 26.4 Å². The van der Waals surface area contributed by atoms with Crippen molar-refractivity contribution in [3.8, 4) is 28.0 Å². The first kappa shape index (κ1) is 33.2. The molecule has 1 fully saturated rings. The lowest BCUT2D eigenvalue weighted by atomic mass is 10.00. The molecule has 242 valence electrons. The number of hydrogen-bond donors (Lipinski definition) is 0. The molecule has 1 aliphatic rings. The smallest absolute Gasteiger partial charge is 0.349 e. The summed E-state index contributed by atoms with van der Waals surface area (Å²) in [5.41, 5.74) is -0.561. The van der Waals surface area contributed by atoms with Crippen LogP contribution in [0.25, 0.3) is 22.3 Å². The van der Waals surface area contributed by atoms with Gasteiger partial charge in [0.1, 0.15) is 28.8 Å². The van der Waals surface area contributed by atoms with Gasteiger partial charge in [0, 0.05) is 30.3 Å². The lowest BCUT2D eigenvalue weighted by Crippen LogP contribution is -2.28. The van der Waals surface area contributed by atoms with E-state index in [2.05, 4.69) is 6.92 Å². The van der Waals surface area contributed by atoms with Crippen molar-refractivity contribution in [1.29, 1.82) is 0 Å². The summed E-state index contributed by atoms with van der Waals surface area (Å²) >= 11 is 0. The highest BCUT2D eigenvalue weighted by atomic mass is 19.2. The van der Waals surface area contributed by atoms with Crippen LogP contribution in [0.2, 0.25) is 0 Å². The summed E-state index contributed by atoms with van der Waals surface area (Å²) < 4.78 is 108. The predicted molar refractivity (Wildman–Crippen MR) is 157 cm³/mol. The van der Waals surface area contributed by atoms with Gasteiger partial charge in [0.25, 0.3) is 0 Å². The van der Waals surface area contributed by atoms with Crippen LogP contribution in [0.3, 0.4) is 0 Å². The topological polar surface area (TPSA) is 54.0 Å². The second kappa shape index (κ2) is 14.9. The van der Waals surface area contributed by atoms with E-state index in [1.54, 1.807) is 0 Å². The van der Waals surface area contributed by atoms with Gasteiger partial charge in [-0.25, -0.2) is 31.1 Å². The molecule has 0 aliphatic carbocycles. The Balaban J connectivity index is 1.22. The average molecular weight is 645 g/mol. The van der Waals surface area contributed by atoms with Gasteiger partial charge in [-0.05, 0) is 72.0 Å². The maximum Gasteiger partial charge on any atom is 0.349 e. The van der Waals surface area contributed by atoms with E-state index >= 15 is 13.2 Å². The van der Waals surface area contributed by atoms with E-state index < -0.39 is 52.7 Å². The van der Waals surface area contributed by atoms with Gasteiger partial charge >= 0.3 is 5.97 Å². The molecule has 4 aromatic rings. The lowest BCUT2D eigenvalue weighted by molar-refractivity contribution is -0.207. The van der Waals surface area contributed by atoms with Crippen LogP contribution < -0.4 is 4.74 Å². The Hall–Kier alpha value is -4.19. The number of ether oxygens (including phenoxy) is 4. The van der Waals surface area contributed by atoms with E-state index in [1.165, 1.54) is 42.5 Å². The molecule has 0 bridgehead atoms. The molecule has 1 heterocycles. The zero-order valence-corrected chi connectivity index (χ0v) is 24.8. The molecule has 0 N–H and O–H groups in total. The molecule has 4 aromatic carbocycles. The Labute approximate surface area is 261 Å². The second-order valence-electron chi connectivity index (χ2n) is 10.8. The molecule has 0 unspecified atom stereocenters. The lowest BCUT2D eigenvalue weighted by Gasteiger charge is -2.29. The van der Waals surface area contributed by atoms with Crippen LogP contribution in [-0.2, 0) is 14.2 Å². The van der Waals surface area contributed by atoms with Crippen LogP contribution in [0.1, 0.15) is 48.4 Å². The van der Waals surface area contributed by atoms with E-state index in [4.69, 9.17) is 18.9 Å². The van der Waals surface area contributed by atoms with Crippen molar-refractivity contribution >= 4 is 5.97 Å². The minimum atomic E-state index is -1.61. The van der Waals surface area contributed by atoms with Crippen LogP contribution in [0.15, 0.2) is 66.7 Å². The highest BCUT2D eigenvalue weighted by Crippen LogP contribution is 2.33. The third-order valence-corrected chi connectivity index (χ3v) is 7.48. The van der Waals surface area contributed by atoms with Crippen molar-refractivity contribution in [2.45, 2.75) is 32.5 Å². The second-order valence-corrected chi connectivity index (χ2v) is 10.8. The van der Waals surface area contributed by atoms with Gasteiger partial charge in [-0.15, -0.1) is 0 Å². The van der Waals surface area contributed by atoms with Gasteiger partial charge in [-0.3, -0.25) is 0 Å². The fourth-order valence-electron chi connectivity index (χ4n) is 4.93. The SMILES string of the molecule is CCCCOCCC1COC(c2ccc(-c3cc(F)c(C(=O)Oc4ccc(-c5cc(F)c(F)c(F)c5)cc4)c(F)c3)c(F)c2)OC1. The number of halogens is 6. The molecule has 0 atom stereocenters. The monoisotopic (exact) mass is 644 g/mol. The molecule has 46 heavy (non-hydrogen) atoms. The summed E-state index contributed by atoms with van der Waals surface area (Å²) in [4.78, 5) is 12.6. The number of rotatable bonds is 11. The number of esters is 1. The summed E-state index contributed by atoms with van der Waals surface area (Å²) in [5, 5.41) is 0. The zero-order chi connectivity index (χ0) is 32.8. The molecule has 5 nitrogen and oxygen atoms in total. The Kier molecular flexibility index (Phi) is 10.8. The molecule has 0 spiro atoms. The van der Waals surface area contributed by atoms with E-state index in [0.29, 0.717) is 32.0 Å². The molecular weight excluding hydrogens is 614 g/mol. The van der Waals surface area contributed by atoms with E-state index in [0.717, 1.165) is 43.5 Å². The maximum absolute atomic E-state index is 15.1. The summed E-state index contributed by atoms with van der Waals surface area (Å²) in [6.07, 6.45) is 2.05. The molecule has 1 aliphatic heterocycles. The Bertz CT molecular complexity index is 1640. The minimum absolute atomic E-state index is 0.0219. The highest BCUT2D eigenvalue weighted by molar-refractivity contribution is 5.92. The van der Waals surface area contributed by atoms with Gasteiger partial charge in [0.15, 0.2) is 23.7 Å². The Morgan fingerprint density at radius 2 is 1.37 bits per heavy atom. The molecule has 0 radical (unpaired) electrons. The standard InChI is InChI=1S/C35H30F6O5/c1-2-3-11-43-12-10-20-18-44-35(45-19-20)22-6-9-26(27(36)13-22)24-16-28(37)32(29(38)17-24)34(42)46-25-7-4-21(5-8-25)23-14-30(39)33(41)31(40)15-23/h4-9,13-17,20,35H,2-3,10-12,18-19H2,1H3. The first-order valence-corrected chi connectivity index (χ1v) is 14.7. The van der Waals surface area contributed by atoms with Gasteiger partial charge in [0.05, 0.1) is 13.2 Å². The van der Waals surface area contributed by atoms with Crippen LogP contribution in [0.5, 0.6) is 5.75 Å². The first-order valence-electron chi connectivity index (χ1n) is 14.7. The van der Waals surface area contributed by atoms with Crippen molar-refractivity contribution in [3.05, 3.63) is 113 Å².